The molecular formula is C36H60O16. The lowest BCUT2D eigenvalue weighted by Crippen LogP contribution is -2.44. The molecule has 16 nitrogen and oxygen atoms in total. The third-order valence-corrected chi connectivity index (χ3v) is 8.83. The summed E-state index contributed by atoms with van der Waals surface area (Å²) in [4.78, 5) is 48.3. The second-order valence-corrected chi connectivity index (χ2v) is 14.7. The Morgan fingerprint density at radius 1 is 0.577 bits per heavy atom. The van der Waals surface area contributed by atoms with Crippen molar-refractivity contribution in [1.29, 1.82) is 0 Å². The third-order valence-electron chi connectivity index (χ3n) is 8.83. The van der Waals surface area contributed by atoms with Crippen molar-refractivity contribution in [2.75, 3.05) is 39.6 Å². The number of hydrogen-bond acceptors (Lipinski definition) is 15. The van der Waals surface area contributed by atoms with E-state index < -0.39 is 53.1 Å². The van der Waals surface area contributed by atoms with Crippen LogP contribution in [0, 0.1) is 0 Å². The molecule has 300 valence electrons. The van der Waals surface area contributed by atoms with Crippen molar-refractivity contribution in [2.45, 2.75) is 167 Å². The van der Waals surface area contributed by atoms with Crippen molar-refractivity contribution in [3.63, 3.8) is 0 Å². The Morgan fingerprint density at radius 3 is 1.29 bits per heavy atom. The molecule has 4 fully saturated rings. The molecule has 1 N–H and O–H groups in total. The fourth-order valence-electron chi connectivity index (χ4n) is 6.27. The number of rotatable bonds is 14. The number of carbonyl (C=O) groups is 4. The van der Waals surface area contributed by atoms with Crippen LogP contribution in [0.5, 0.6) is 0 Å². The Balaban J connectivity index is 0.000000513. The van der Waals surface area contributed by atoms with Crippen molar-refractivity contribution in [1.82, 2.24) is 0 Å². The van der Waals surface area contributed by atoms with Crippen molar-refractivity contribution < 1.29 is 76.4 Å². The number of ether oxygens (including phenoxy) is 11. The highest BCUT2D eigenvalue weighted by Crippen LogP contribution is 2.29. The average Bonchev–Trinajstić information content (AvgIpc) is 2.98. The Labute approximate surface area is 306 Å². The van der Waals surface area contributed by atoms with E-state index in [4.69, 9.17) is 57.2 Å². The fraction of sp³-hybridized carbons (Fsp3) is 0.889. The minimum atomic E-state index is -1.12. The lowest BCUT2D eigenvalue weighted by molar-refractivity contribution is -0.284. The second-order valence-electron chi connectivity index (χ2n) is 14.7. The SMILES string of the molecule is CC1CCOC(C)(CC(=O)O)O1.CC1CCOC(C)(CC(=O)OCC[C@@H](COC(=O)CC2(C)OCCC(C)O2)OC(=O)CC2(C)OCCC(C)O2)O1. The lowest BCUT2D eigenvalue weighted by Gasteiger charge is -2.37. The van der Waals surface area contributed by atoms with Crippen LogP contribution in [0.15, 0.2) is 0 Å². The van der Waals surface area contributed by atoms with Crippen LogP contribution < -0.4 is 0 Å². The zero-order valence-electron chi connectivity index (χ0n) is 32.1. The van der Waals surface area contributed by atoms with E-state index in [1.807, 2.05) is 27.7 Å². The molecule has 4 rings (SSSR count). The first kappa shape index (κ1) is 44.0. The number of carboxylic acid groups (broad SMARTS) is 1. The number of esters is 3. The van der Waals surface area contributed by atoms with Gasteiger partial charge in [-0.25, -0.2) is 0 Å². The second kappa shape index (κ2) is 19.8. The maximum Gasteiger partial charge on any atom is 0.311 e. The topological polar surface area (TPSA) is 190 Å². The Kier molecular flexibility index (Phi) is 16.7. The molecule has 0 aromatic carbocycles. The van der Waals surface area contributed by atoms with E-state index in [0.717, 1.165) is 25.7 Å². The van der Waals surface area contributed by atoms with Gasteiger partial charge in [-0.05, 0) is 81.1 Å². The van der Waals surface area contributed by atoms with E-state index >= 15 is 0 Å². The van der Waals surface area contributed by atoms with Crippen LogP contribution in [0.3, 0.4) is 0 Å². The fourth-order valence-corrected chi connectivity index (χ4v) is 6.27. The van der Waals surface area contributed by atoms with E-state index in [9.17, 15) is 19.2 Å². The first-order valence-corrected chi connectivity index (χ1v) is 18.3. The summed E-state index contributed by atoms with van der Waals surface area (Å²) in [6, 6.07) is 0. The highest BCUT2D eigenvalue weighted by Gasteiger charge is 2.39. The smallest absolute Gasteiger partial charge is 0.311 e. The lowest BCUT2D eigenvalue weighted by atomic mass is 10.1. The van der Waals surface area contributed by atoms with Gasteiger partial charge in [0.05, 0.1) is 83.1 Å². The molecule has 0 bridgehead atoms. The van der Waals surface area contributed by atoms with Gasteiger partial charge >= 0.3 is 23.9 Å². The first-order chi connectivity index (χ1) is 24.3. The van der Waals surface area contributed by atoms with Gasteiger partial charge in [-0.2, -0.15) is 0 Å². The van der Waals surface area contributed by atoms with Gasteiger partial charge in [-0.1, -0.05) is 0 Å². The summed E-state index contributed by atoms with van der Waals surface area (Å²) in [5.41, 5.74) is 0. The Morgan fingerprint density at radius 2 is 0.923 bits per heavy atom. The summed E-state index contributed by atoms with van der Waals surface area (Å²) in [6.07, 6.45) is 1.79. The summed E-state index contributed by atoms with van der Waals surface area (Å²) in [5, 5.41) is 8.56. The highest BCUT2D eigenvalue weighted by atomic mass is 16.7. The predicted molar refractivity (Wildman–Crippen MR) is 181 cm³/mol. The van der Waals surface area contributed by atoms with Crippen LogP contribution in [0.1, 0.15) is 113 Å². The van der Waals surface area contributed by atoms with Gasteiger partial charge < -0.3 is 57.2 Å². The minimum absolute atomic E-state index is 0.0260. The molecule has 4 saturated heterocycles. The van der Waals surface area contributed by atoms with Gasteiger partial charge in [0.1, 0.15) is 12.7 Å². The van der Waals surface area contributed by atoms with Crippen molar-refractivity contribution >= 4 is 23.9 Å². The summed E-state index contributed by atoms with van der Waals surface area (Å²) in [5.74, 6) is -6.76. The largest absolute Gasteiger partial charge is 0.481 e. The molecule has 16 heteroatoms. The van der Waals surface area contributed by atoms with Gasteiger partial charge in [0.2, 0.25) is 0 Å². The van der Waals surface area contributed by atoms with Crippen molar-refractivity contribution in [2.24, 2.45) is 0 Å². The molecule has 4 aliphatic heterocycles. The van der Waals surface area contributed by atoms with Crippen LogP contribution in [-0.2, 0) is 71.3 Å². The first-order valence-electron chi connectivity index (χ1n) is 18.3. The molecule has 0 aliphatic carbocycles. The molecule has 0 amide bonds. The maximum absolute atomic E-state index is 12.8. The molecule has 4 heterocycles. The molecule has 4 aliphatic rings. The van der Waals surface area contributed by atoms with Crippen molar-refractivity contribution in [3.05, 3.63) is 0 Å². The molecule has 0 spiro atoms. The summed E-state index contributed by atoms with van der Waals surface area (Å²) in [6.45, 7) is 16.1. The number of carbonyl (C=O) groups excluding carboxylic acids is 3. The molecule has 0 aromatic rings. The van der Waals surface area contributed by atoms with Gasteiger partial charge in [-0.3, -0.25) is 19.2 Å². The van der Waals surface area contributed by atoms with Crippen LogP contribution in [0.2, 0.25) is 0 Å². The third kappa shape index (κ3) is 15.9. The van der Waals surface area contributed by atoms with Gasteiger partial charge in [0, 0.05) is 6.42 Å². The van der Waals surface area contributed by atoms with Crippen LogP contribution in [-0.4, -0.2) is 122 Å². The monoisotopic (exact) mass is 748 g/mol. The quantitative estimate of drug-likeness (QED) is 0.197. The normalized spacial score (nSPS) is 35.6. The highest BCUT2D eigenvalue weighted by molar-refractivity contribution is 5.72. The maximum atomic E-state index is 12.8. The van der Waals surface area contributed by atoms with Crippen LogP contribution >= 0.6 is 0 Å². The Hall–Kier alpha value is -2.44. The van der Waals surface area contributed by atoms with Crippen molar-refractivity contribution in [3.8, 4) is 0 Å². The summed E-state index contributed by atoms with van der Waals surface area (Å²) < 4.78 is 61.3. The molecule has 0 saturated carbocycles. The zero-order valence-corrected chi connectivity index (χ0v) is 32.1. The Bertz CT molecular complexity index is 1180. The van der Waals surface area contributed by atoms with E-state index in [2.05, 4.69) is 0 Å². The van der Waals surface area contributed by atoms with E-state index in [0.29, 0.717) is 26.4 Å². The molecule has 0 radical (unpaired) electrons. The zero-order chi connectivity index (χ0) is 38.6. The van der Waals surface area contributed by atoms with Gasteiger partial charge in [0.15, 0.2) is 23.1 Å². The van der Waals surface area contributed by atoms with Crippen LogP contribution in [0.4, 0.5) is 0 Å². The standard InChI is InChI=1S/C28H46O12.C8H14O4/c1-19-7-12-34-26(4,38-19)15-23(29)32-11-10-22(37-25(31)17-28(6)36-14-9-21(3)40-28)18-33-24(30)16-27(5)35-13-8-20(2)39-27;1-6-3-4-11-8(2,12-6)5-7(9)10/h19-22H,7-18H2,1-6H3;6H,3-5H2,1-2H3,(H,9,10)/t19?,20?,21?,22-,26?,27?,28?;/m0./s1. The molecule has 0 aromatic heterocycles. The molecule has 52 heavy (non-hydrogen) atoms. The van der Waals surface area contributed by atoms with E-state index in [-0.39, 0.29) is 69.7 Å². The van der Waals surface area contributed by atoms with Crippen LogP contribution in [0.25, 0.3) is 0 Å². The molecule has 8 unspecified atom stereocenters. The number of carboxylic acids is 1. The van der Waals surface area contributed by atoms with Gasteiger partial charge in [-0.15, -0.1) is 0 Å². The van der Waals surface area contributed by atoms with E-state index in [1.54, 1.807) is 27.7 Å². The van der Waals surface area contributed by atoms with E-state index in [1.165, 1.54) is 0 Å². The molecular weight excluding hydrogens is 688 g/mol. The molecule has 9 atom stereocenters. The number of hydrogen-bond donors (Lipinski definition) is 1. The van der Waals surface area contributed by atoms with Gasteiger partial charge in [0.25, 0.3) is 0 Å². The summed E-state index contributed by atoms with van der Waals surface area (Å²) >= 11 is 0. The minimum Gasteiger partial charge on any atom is -0.481 e. The average molecular weight is 749 g/mol. The predicted octanol–water partition coefficient (Wildman–Crippen LogP) is 4.17. The number of aliphatic carboxylic acids is 1. The summed E-state index contributed by atoms with van der Waals surface area (Å²) in [7, 11) is 0.